The van der Waals surface area contributed by atoms with Crippen LogP contribution in [0.1, 0.15) is 24.0 Å². The van der Waals surface area contributed by atoms with Crippen LogP contribution in [0.3, 0.4) is 0 Å². The third kappa shape index (κ3) is 2.70. The van der Waals surface area contributed by atoms with Crippen LogP contribution in [-0.2, 0) is 17.6 Å². The quantitative estimate of drug-likeness (QED) is 0.809. The van der Waals surface area contributed by atoms with Crippen molar-refractivity contribution >= 4 is 0 Å². The molecule has 1 aromatic carbocycles. The largest absolute Gasteiger partial charge is 0.497 e. The number of methoxy groups -OCH3 is 2. The SMILES string of the molecule is COCCNCC1CC12CCc1ccc(OC)cc1C2. The van der Waals surface area contributed by atoms with Gasteiger partial charge in [0, 0.05) is 13.7 Å². The number of benzene rings is 1. The number of nitrogens with one attached hydrogen (secondary N) is 1. The predicted octanol–water partition coefficient (Wildman–Crippen LogP) is 2.43. The second kappa shape index (κ2) is 5.74. The van der Waals surface area contributed by atoms with Crippen LogP contribution >= 0.6 is 0 Å². The number of fused-ring (bicyclic) bond motifs is 1. The first-order chi connectivity index (χ1) is 9.77. The molecule has 20 heavy (non-hydrogen) atoms. The van der Waals surface area contributed by atoms with Crippen molar-refractivity contribution in [2.45, 2.75) is 25.7 Å². The van der Waals surface area contributed by atoms with Crippen molar-refractivity contribution in [1.29, 1.82) is 0 Å². The summed E-state index contributed by atoms with van der Waals surface area (Å²) in [4.78, 5) is 0. The number of hydrogen-bond acceptors (Lipinski definition) is 3. The van der Waals surface area contributed by atoms with Gasteiger partial charge < -0.3 is 14.8 Å². The van der Waals surface area contributed by atoms with E-state index in [0.717, 1.165) is 31.4 Å². The number of rotatable bonds is 6. The summed E-state index contributed by atoms with van der Waals surface area (Å²) in [5.74, 6) is 1.84. The standard InChI is InChI=1S/C17H25NO2/c1-19-8-7-18-12-15-11-17(15)6-5-13-3-4-16(20-2)9-14(13)10-17/h3-4,9,15,18H,5-8,10-12H2,1-2H3. The van der Waals surface area contributed by atoms with Gasteiger partial charge in [0.25, 0.3) is 0 Å². The molecule has 3 heteroatoms. The van der Waals surface area contributed by atoms with Gasteiger partial charge in [-0.15, -0.1) is 0 Å². The molecule has 2 aliphatic rings. The fourth-order valence-electron chi connectivity index (χ4n) is 3.68. The Bertz CT molecular complexity index is 474. The van der Waals surface area contributed by atoms with E-state index in [4.69, 9.17) is 9.47 Å². The van der Waals surface area contributed by atoms with Crippen LogP contribution in [0.15, 0.2) is 18.2 Å². The summed E-state index contributed by atoms with van der Waals surface area (Å²) in [6, 6.07) is 6.58. The molecule has 2 atom stereocenters. The lowest BCUT2D eigenvalue weighted by atomic mass is 9.80. The van der Waals surface area contributed by atoms with Crippen molar-refractivity contribution in [3.8, 4) is 5.75 Å². The lowest BCUT2D eigenvalue weighted by Gasteiger charge is -2.26. The first-order valence-corrected chi connectivity index (χ1v) is 7.63. The van der Waals surface area contributed by atoms with E-state index < -0.39 is 0 Å². The molecule has 1 spiro atoms. The molecular weight excluding hydrogens is 250 g/mol. The van der Waals surface area contributed by atoms with Gasteiger partial charge in [0.1, 0.15) is 5.75 Å². The zero-order valence-electron chi connectivity index (χ0n) is 12.6. The van der Waals surface area contributed by atoms with Crippen molar-refractivity contribution in [3.05, 3.63) is 29.3 Å². The van der Waals surface area contributed by atoms with Crippen LogP contribution in [0.25, 0.3) is 0 Å². The molecule has 1 saturated carbocycles. The van der Waals surface area contributed by atoms with Gasteiger partial charge in [0.05, 0.1) is 13.7 Å². The maximum Gasteiger partial charge on any atom is 0.119 e. The average Bonchev–Trinajstić information content (AvgIpc) is 3.14. The van der Waals surface area contributed by atoms with Gasteiger partial charge >= 0.3 is 0 Å². The molecule has 0 amide bonds. The lowest BCUT2D eigenvalue weighted by Crippen LogP contribution is -2.25. The summed E-state index contributed by atoms with van der Waals surface area (Å²) in [7, 11) is 3.51. The summed E-state index contributed by atoms with van der Waals surface area (Å²) >= 11 is 0. The minimum absolute atomic E-state index is 0.569. The third-order valence-electron chi connectivity index (χ3n) is 5.08. The Morgan fingerprint density at radius 3 is 3.00 bits per heavy atom. The topological polar surface area (TPSA) is 30.5 Å². The maximum atomic E-state index is 5.36. The molecule has 3 nitrogen and oxygen atoms in total. The molecular formula is C17H25NO2. The molecule has 0 bridgehead atoms. The van der Waals surface area contributed by atoms with Crippen molar-refractivity contribution in [2.24, 2.45) is 11.3 Å². The van der Waals surface area contributed by atoms with E-state index in [0.29, 0.717) is 5.41 Å². The highest BCUT2D eigenvalue weighted by atomic mass is 16.5. The van der Waals surface area contributed by atoms with Crippen molar-refractivity contribution in [3.63, 3.8) is 0 Å². The molecule has 2 aliphatic carbocycles. The Labute approximate surface area is 121 Å². The molecule has 0 heterocycles. The first-order valence-electron chi connectivity index (χ1n) is 7.63. The Morgan fingerprint density at radius 2 is 2.20 bits per heavy atom. The number of aryl methyl sites for hydroxylation is 1. The van der Waals surface area contributed by atoms with E-state index in [2.05, 4.69) is 23.5 Å². The van der Waals surface area contributed by atoms with Gasteiger partial charge in [-0.2, -0.15) is 0 Å². The molecule has 0 aromatic heterocycles. The van der Waals surface area contributed by atoms with Crippen LogP contribution in [0.2, 0.25) is 0 Å². The Morgan fingerprint density at radius 1 is 1.30 bits per heavy atom. The van der Waals surface area contributed by atoms with E-state index in [-0.39, 0.29) is 0 Å². The minimum atomic E-state index is 0.569. The zero-order chi connectivity index (χ0) is 14.0. The molecule has 0 saturated heterocycles. The van der Waals surface area contributed by atoms with Crippen molar-refractivity contribution in [2.75, 3.05) is 33.9 Å². The van der Waals surface area contributed by atoms with E-state index in [9.17, 15) is 0 Å². The highest BCUT2D eigenvalue weighted by Crippen LogP contribution is 2.59. The normalized spacial score (nSPS) is 27.4. The molecule has 110 valence electrons. The Balaban J connectivity index is 1.59. The molecule has 0 radical (unpaired) electrons. The summed E-state index contributed by atoms with van der Waals surface area (Å²) in [5, 5.41) is 3.52. The molecule has 0 aliphatic heterocycles. The van der Waals surface area contributed by atoms with E-state index in [1.54, 1.807) is 14.2 Å². The summed E-state index contributed by atoms with van der Waals surface area (Å²) < 4.78 is 10.4. The molecule has 1 aromatic rings. The van der Waals surface area contributed by atoms with Crippen LogP contribution in [0, 0.1) is 11.3 Å². The van der Waals surface area contributed by atoms with Crippen molar-refractivity contribution < 1.29 is 9.47 Å². The summed E-state index contributed by atoms with van der Waals surface area (Å²) in [6.45, 7) is 2.91. The fraction of sp³-hybridized carbons (Fsp3) is 0.647. The van der Waals surface area contributed by atoms with Gasteiger partial charge in [-0.05, 0) is 66.8 Å². The Hall–Kier alpha value is -1.06. The maximum absolute atomic E-state index is 5.36. The van der Waals surface area contributed by atoms with Gasteiger partial charge in [-0.1, -0.05) is 6.07 Å². The highest BCUT2D eigenvalue weighted by molar-refractivity contribution is 5.39. The van der Waals surface area contributed by atoms with Crippen molar-refractivity contribution in [1.82, 2.24) is 5.32 Å². The average molecular weight is 275 g/mol. The van der Waals surface area contributed by atoms with Crippen LogP contribution in [0.5, 0.6) is 5.75 Å². The molecule has 2 unspecified atom stereocenters. The molecule has 3 rings (SSSR count). The van der Waals surface area contributed by atoms with Gasteiger partial charge in [-0.3, -0.25) is 0 Å². The second-order valence-corrected chi connectivity index (χ2v) is 6.27. The van der Waals surface area contributed by atoms with Crippen LogP contribution < -0.4 is 10.1 Å². The van der Waals surface area contributed by atoms with E-state index in [1.165, 1.54) is 36.8 Å². The fourth-order valence-corrected chi connectivity index (χ4v) is 3.68. The highest BCUT2D eigenvalue weighted by Gasteiger charge is 2.54. The summed E-state index contributed by atoms with van der Waals surface area (Å²) in [6.07, 6.45) is 5.19. The van der Waals surface area contributed by atoms with Gasteiger partial charge in [-0.25, -0.2) is 0 Å². The lowest BCUT2D eigenvalue weighted by molar-refractivity contribution is 0.198. The number of ether oxygens (including phenoxy) is 2. The summed E-state index contributed by atoms with van der Waals surface area (Å²) in [5.41, 5.74) is 3.60. The van der Waals surface area contributed by atoms with E-state index in [1.807, 2.05) is 0 Å². The molecule has 1 fully saturated rings. The Kier molecular flexibility index (Phi) is 3.99. The first kappa shape index (κ1) is 13.9. The van der Waals surface area contributed by atoms with E-state index >= 15 is 0 Å². The second-order valence-electron chi connectivity index (χ2n) is 6.27. The van der Waals surface area contributed by atoms with Gasteiger partial charge in [0.2, 0.25) is 0 Å². The van der Waals surface area contributed by atoms with Gasteiger partial charge in [0.15, 0.2) is 0 Å². The smallest absolute Gasteiger partial charge is 0.119 e. The third-order valence-corrected chi connectivity index (χ3v) is 5.08. The minimum Gasteiger partial charge on any atom is -0.497 e. The van der Waals surface area contributed by atoms with Crippen LogP contribution in [-0.4, -0.2) is 33.9 Å². The number of hydrogen-bond donors (Lipinski definition) is 1. The molecule has 1 N–H and O–H groups in total. The predicted molar refractivity (Wildman–Crippen MR) is 80.3 cm³/mol. The monoisotopic (exact) mass is 275 g/mol. The zero-order valence-corrected chi connectivity index (χ0v) is 12.6. The van der Waals surface area contributed by atoms with Crippen LogP contribution in [0.4, 0.5) is 0 Å².